The summed E-state index contributed by atoms with van der Waals surface area (Å²) in [4.78, 5) is 4.06. The van der Waals surface area contributed by atoms with Crippen molar-refractivity contribution in [3.8, 4) is 0 Å². The summed E-state index contributed by atoms with van der Waals surface area (Å²) in [5, 5.41) is 2.57. The zero-order valence-corrected chi connectivity index (χ0v) is 8.51. The van der Waals surface area contributed by atoms with Gasteiger partial charge in [0.1, 0.15) is 0 Å². The van der Waals surface area contributed by atoms with Gasteiger partial charge in [-0.2, -0.15) is 0 Å². The molecule has 0 radical (unpaired) electrons. The summed E-state index contributed by atoms with van der Waals surface area (Å²) in [6.45, 7) is 3.72. The standard InChI is InChI=1S/C10H14F2N2/c1-6-4-8(5-14-7(6)2)9(13-3)10(11)12/h4-5,9-10,13H,1-3H3. The van der Waals surface area contributed by atoms with Crippen LogP contribution in [0, 0.1) is 13.8 Å². The van der Waals surface area contributed by atoms with Crippen LogP contribution in [-0.4, -0.2) is 18.5 Å². The van der Waals surface area contributed by atoms with Crippen molar-refractivity contribution in [1.82, 2.24) is 10.3 Å². The highest BCUT2D eigenvalue weighted by molar-refractivity contribution is 5.25. The van der Waals surface area contributed by atoms with Crippen LogP contribution in [0.25, 0.3) is 0 Å². The Hall–Kier alpha value is -1.03. The normalized spacial score (nSPS) is 13.3. The van der Waals surface area contributed by atoms with Crippen LogP contribution in [0.5, 0.6) is 0 Å². The van der Waals surface area contributed by atoms with Gasteiger partial charge in [0.05, 0.1) is 6.04 Å². The summed E-state index contributed by atoms with van der Waals surface area (Å²) in [7, 11) is 1.52. The summed E-state index contributed by atoms with van der Waals surface area (Å²) >= 11 is 0. The van der Waals surface area contributed by atoms with Crippen molar-refractivity contribution in [1.29, 1.82) is 0 Å². The Balaban J connectivity index is 3.00. The van der Waals surface area contributed by atoms with Crippen molar-refractivity contribution in [2.45, 2.75) is 26.3 Å². The van der Waals surface area contributed by atoms with Crippen LogP contribution in [0.2, 0.25) is 0 Å². The lowest BCUT2D eigenvalue weighted by Crippen LogP contribution is -2.23. The Morgan fingerprint density at radius 2 is 2.00 bits per heavy atom. The number of aryl methyl sites for hydroxylation is 2. The fourth-order valence-electron chi connectivity index (χ4n) is 1.27. The number of rotatable bonds is 3. The second-order valence-electron chi connectivity index (χ2n) is 3.27. The van der Waals surface area contributed by atoms with Crippen molar-refractivity contribution in [3.05, 3.63) is 29.1 Å². The van der Waals surface area contributed by atoms with E-state index in [1.807, 2.05) is 13.8 Å². The lowest BCUT2D eigenvalue weighted by Gasteiger charge is -2.15. The van der Waals surface area contributed by atoms with Crippen molar-refractivity contribution in [2.24, 2.45) is 0 Å². The molecule has 14 heavy (non-hydrogen) atoms. The number of nitrogens with zero attached hydrogens (tertiary/aromatic N) is 1. The molecule has 0 spiro atoms. The number of pyridine rings is 1. The summed E-state index contributed by atoms with van der Waals surface area (Å²) < 4.78 is 25.1. The lowest BCUT2D eigenvalue weighted by molar-refractivity contribution is 0.102. The van der Waals surface area contributed by atoms with Crippen LogP contribution in [0.1, 0.15) is 22.9 Å². The van der Waals surface area contributed by atoms with Gasteiger partial charge in [0.15, 0.2) is 0 Å². The summed E-state index contributed by atoms with van der Waals surface area (Å²) in [5.74, 6) is 0. The monoisotopic (exact) mass is 200 g/mol. The molecule has 1 aromatic rings. The highest BCUT2D eigenvalue weighted by Gasteiger charge is 2.20. The average molecular weight is 200 g/mol. The Morgan fingerprint density at radius 3 is 2.43 bits per heavy atom. The predicted octanol–water partition coefficient (Wildman–Crippen LogP) is 2.22. The molecule has 1 unspecified atom stereocenters. The first-order valence-corrected chi connectivity index (χ1v) is 4.44. The van der Waals surface area contributed by atoms with Gasteiger partial charge in [-0.05, 0) is 32.0 Å². The Labute approximate surface area is 82.4 Å². The molecule has 2 nitrogen and oxygen atoms in total. The van der Waals surface area contributed by atoms with Crippen LogP contribution in [-0.2, 0) is 0 Å². The first-order valence-electron chi connectivity index (χ1n) is 4.44. The Bertz CT molecular complexity index is 313. The number of nitrogens with one attached hydrogen (secondary N) is 1. The number of halogens is 2. The highest BCUT2D eigenvalue weighted by Crippen LogP contribution is 2.20. The quantitative estimate of drug-likeness (QED) is 0.809. The van der Waals surface area contributed by atoms with Gasteiger partial charge >= 0.3 is 0 Å². The molecule has 0 saturated heterocycles. The van der Waals surface area contributed by atoms with E-state index in [-0.39, 0.29) is 0 Å². The highest BCUT2D eigenvalue weighted by atomic mass is 19.3. The molecule has 1 rings (SSSR count). The van der Waals surface area contributed by atoms with Gasteiger partial charge in [-0.1, -0.05) is 6.07 Å². The predicted molar refractivity (Wildman–Crippen MR) is 51.5 cm³/mol. The molecule has 4 heteroatoms. The molecule has 1 heterocycles. The number of hydrogen-bond donors (Lipinski definition) is 1. The van der Waals surface area contributed by atoms with Gasteiger partial charge in [-0.3, -0.25) is 4.98 Å². The van der Waals surface area contributed by atoms with E-state index in [1.165, 1.54) is 13.2 Å². The lowest BCUT2D eigenvalue weighted by atomic mass is 10.1. The Morgan fingerprint density at radius 1 is 1.36 bits per heavy atom. The summed E-state index contributed by atoms with van der Waals surface area (Å²) in [6, 6.07) is 0.817. The molecule has 0 aliphatic carbocycles. The van der Waals surface area contributed by atoms with E-state index in [0.717, 1.165) is 11.3 Å². The van der Waals surface area contributed by atoms with E-state index in [9.17, 15) is 8.78 Å². The van der Waals surface area contributed by atoms with Gasteiger partial charge < -0.3 is 5.32 Å². The average Bonchev–Trinajstić information content (AvgIpc) is 2.11. The molecule has 1 aromatic heterocycles. The molecule has 0 fully saturated rings. The largest absolute Gasteiger partial charge is 0.308 e. The molecule has 0 aromatic carbocycles. The van der Waals surface area contributed by atoms with E-state index in [2.05, 4.69) is 10.3 Å². The number of hydrogen-bond acceptors (Lipinski definition) is 2. The molecule has 0 aliphatic heterocycles. The van der Waals surface area contributed by atoms with Crippen molar-refractivity contribution >= 4 is 0 Å². The first-order chi connectivity index (χ1) is 6.56. The van der Waals surface area contributed by atoms with E-state index in [0.29, 0.717) is 5.56 Å². The minimum Gasteiger partial charge on any atom is -0.308 e. The molecule has 1 N–H and O–H groups in total. The molecule has 0 amide bonds. The topological polar surface area (TPSA) is 24.9 Å². The fraction of sp³-hybridized carbons (Fsp3) is 0.500. The zero-order valence-electron chi connectivity index (χ0n) is 8.51. The van der Waals surface area contributed by atoms with Crippen LogP contribution >= 0.6 is 0 Å². The molecule has 78 valence electrons. The first kappa shape index (κ1) is 11.0. The Kier molecular flexibility index (Phi) is 3.52. The van der Waals surface area contributed by atoms with Crippen LogP contribution in [0.3, 0.4) is 0 Å². The number of aromatic nitrogens is 1. The summed E-state index contributed by atoms with van der Waals surface area (Å²) in [5.41, 5.74) is 2.34. The third-order valence-corrected chi connectivity index (χ3v) is 2.28. The van der Waals surface area contributed by atoms with Crippen LogP contribution in [0.4, 0.5) is 8.78 Å². The van der Waals surface area contributed by atoms with Gasteiger partial charge in [0, 0.05) is 11.9 Å². The molecule has 0 bridgehead atoms. The van der Waals surface area contributed by atoms with Crippen LogP contribution < -0.4 is 5.32 Å². The zero-order chi connectivity index (χ0) is 10.7. The second kappa shape index (κ2) is 4.46. The van der Waals surface area contributed by atoms with Gasteiger partial charge in [0.2, 0.25) is 0 Å². The van der Waals surface area contributed by atoms with Crippen LogP contribution in [0.15, 0.2) is 12.3 Å². The maximum Gasteiger partial charge on any atom is 0.257 e. The van der Waals surface area contributed by atoms with Gasteiger partial charge in [0.25, 0.3) is 6.43 Å². The van der Waals surface area contributed by atoms with Crippen molar-refractivity contribution < 1.29 is 8.78 Å². The third-order valence-electron chi connectivity index (χ3n) is 2.28. The SMILES string of the molecule is CNC(c1cnc(C)c(C)c1)C(F)F. The molecule has 1 atom stereocenters. The van der Waals surface area contributed by atoms with Crippen molar-refractivity contribution in [3.63, 3.8) is 0 Å². The summed E-state index contributed by atoms with van der Waals surface area (Å²) in [6.07, 6.45) is -0.917. The fourth-order valence-corrected chi connectivity index (χ4v) is 1.27. The van der Waals surface area contributed by atoms with Crippen molar-refractivity contribution in [2.75, 3.05) is 7.05 Å². The molecular formula is C10H14F2N2. The van der Waals surface area contributed by atoms with E-state index < -0.39 is 12.5 Å². The maximum atomic E-state index is 12.5. The maximum absolute atomic E-state index is 12.5. The number of alkyl halides is 2. The molecule has 0 saturated carbocycles. The molecular weight excluding hydrogens is 186 g/mol. The van der Waals surface area contributed by atoms with E-state index >= 15 is 0 Å². The van der Waals surface area contributed by atoms with E-state index in [1.54, 1.807) is 6.07 Å². The van der Waals surface area contributed by atoms with Gasteiger partial charge in [-0.25, -0.2) is 8.78 Å². The van der Waals surface area contributed by atoms with E-state index in [4.69, 9.17) is 0 Å². The van der Waals surface area contributed by atoms with Gasteiger partial charge in [-0.15, -0.1) is 0 Å². The molecule has 0 aliphatic rings. The minimum absolute atomic E-state index is 0.533. The smallest absolute Gasteiger partial charge is 0.257 e. The third kappa shape index (κ3) is 2.26. The minimum atomic E-state index is -2.41. The second-order valence-corrected chi connectivity index (χ2v) is 3.27.